The molecule has 18 heavy (non-hydrogen) atoms. The first kappa shape index (κ1) is 13.6. The summed E-state index contributed by atoms with van der Waals surface area (Å²) in [5.41, 5.74) is 6.09. The lowest BCUT2D eigenvalue weighted by Gasteiger charge is -2.16. The van der Waals surface area contributed by atoms with Crippen LogP contribution < -0.4 is 11.1 Å². The van der Waals surface area contributed by atoms with Gasteiger partial charge >= 0.3 is 0 Å². The standard InChI is InChI=1S/C12H13Cl2FN2O/c13-8-4-6(15)5-9(14)11(8)17-12(18)7-2-1-3-10(7)16/h4-5,7,10H,1-3,16H2,(H,17,18). The molecule has 3 N–H and O–H groups in total. The Kier molecular flexibility index (Phi) is 4.10. The van der Waals surface area contributed by atoms with Gasteiger partial charge in [-0.05, 0) is 25.0 Å². The minimum absolute atomic E-state index is 0.0833. The van der Waals surface area contributed by atoms with E-state index in [-0.39, 0.29) is 33.6 Å². The van der Waals surface area contributed by atoms with Crippen molar-refractivity contribution in [1.29, 1.82) is 0 Å². The summed E-state index contributed by atoms with van der Waals surface area (Å²) in [4.78, 5) is 12.0. The van der Waals surface area contributed by atoms with Gasteiger partial charge in [-0.25, -0.2) is 4.39 Å². The zero-order valence-electron chi connectivity index (χ0n) is 9.55. The van der Waals surface area contributed by atoms with Crippen LogP contribution in [0.3, 0.4) is 0 Å². The first-order valence-electron chi connectivity index (χ1n) is 5.70. The van der Waals surface area contributed by atoms with Gasteiger partial charge in [0.05, 0.1) is 21.7 Å². The molecule has 1 aromatic rings. The van der Waals surface area contributed by atoms with Crippen LogP contribution in [-0.4, -0.2) is 11.9 Å². The maximum absolute atomic E-state index is 13.0. The summed E-state index contributed by atoms with van der Waals surface area (Å²) in [6.07, 6.45) is 2.52. The summed E-state index contributed by atoms with van der Waals surface area (Å²) in [5.74, 6) is -0.988. The number of hydrogen-bond donors (Lipinski definition) is 2. The fourth-order valence-electron chi connectivity index (χ4n) is 2.19. The minimum Gasteiger partial charge on any atom is -0.327 e. The molecule has 3 nitrogen and oxygen atoms in total. The second-order valence-electron chi connectivity index (χ2n) is 4.43. The number of benzene rings is 1. The molecule has 0 heterocycles. The maximum atomic E-state index is 13.0. The SMILES string of the molecule is NC1CCCC1C(=O)Nc1c(Cl)cc(F)cc1Cl. The molecular formula is C12H13Cl2FN2O. The number of hydrogen-bond acceptors (Lipinski definition) is 2. The van der Waals surface area contributed by atoms with Crippen molar-refractivity contribution in [3.8, 4) is 0 Å². The van der Waals surface area contributed by atoms with Crippen LogP contribution in [0.25, 0.3) is 0 Å². The van der Waals surface area contributed by atoms with Crippen LogP contribution in [0.5, 0.6) is 0 Å². The van der Waals surface area contributed by atoms with Crippen LogP contribution in [0, 0.1) is 11.7 Å². The highest BCUT2D eigenvalue weighted by molar-refractivity contribution is 6.39. The summed E-state index contributed by atoms with van der Waals surface area (Å²) >= 11 is 11.7. The molecule has 1 saturated carbocycles. The van der Waals surface area contributed by atoms with Gasteiger partial charge in [-0.1, -0.05) is 29.6 Å². The fraction of sp³-hybridized carbons (Fsp3) is 0.417. The number of anilines is 1. The average molecular weight is 291 g/mol. The summed E-state index contributed by atoms with van der Waals surface area (Å²) in [5, 5.41) is 2.80. The predicted molar refractivity (Wildman–Crippen MR) is 70.4 cm³/mol. The lowest BCUT2D eigenvalue weighted by Crippen LogP contribution is -2.34. The Morgan fingerprint density at radius 3 is 2.44 bits per heavy atom. The Morgan fingerprint density at radius 1 is 1.33 bits per heavy atom. The molecule has 1 aromatic carbocycles. The quantitative estimate of drug-likeness (QED) is 0.879. The highest BCUT2D eigenvalue weighted by atomic mass is 35.5. The Bertz CT molecular complexity index is 458. The van der Waals surface area contributed by atoms with Crippen LogP contribution in [0.15, 0.2) is 12.1 Å². The van der Waals surface area contributed by atoms with Crippen molar-refractivity contribution in [2.75, 3.05) is 5.32 Å². The van der Waals surface area contributed by atoms with Gasteiger partial charge in [0, 0.05) is 6.04 Å². The number of rotatable bonds is 2. The summed E-state index contributed by atoms with van der Waals surface area (Å²) in [6.45, 7) is 0. The van der Waals surface area contributed by atoms with Gasteiger partial charge in [0.25, 0.3) is 0 Å². The first-order chi connectivity index (χ1) is 8.49. The number of amides is 1. The molecule has 0 aromatic heterocycles. The van der Waals surface area contributed by atoms with E-state index < -0.39 is 5.82 Å². The Labute approximate surface area is 114 Å². The van der Waals surface area contributed by atoms with E-state index in [1.54, 1.807) is 0 Å². The smallest absolute Gasteiger partial charge is 0.229 e. The van der Waals surface area contributed by atoms with Gasteiger partial charge in [0.15, 0.2) is 0 Å². The topological polar surface area (TPSA) is 55.1 Å². The van der Waals surface area contributed by atoms with Crippen molar-refractivity contribution in [2.24, 2.45) is 11.7 Å². The predicted octanol–water partition coefficient (Wildman–Crippen LogP) is 3.20. The second kappa shape index (κ2) is 5.43. The molecule has 0 saturated heterocycles. The summed E-state index contributed by atoms with van der Waals surface area (Å²) < 4.78 is 13.0. The van der Waals surface area contributed by atoms with Gasteiger partial charge in [0.1, 0.15) is 5.82 Å². The fourth-order valence-corrected chi connectivity index (χ4v) is 2.75. The molecule has 6 heteroatoms. The van der Waals surface area contributed by atoms with Crippen molar-refractivity contribution in [1.82, 2.24) is 0 Å². The summed E-state index contributed by atoms with van der Waals surface area (Å²) in [7, 11) is 0. The van der Waals surface area contributed by atoms with E-state index >= 15 is 0 Å². The normalized spacial score (nSPS) is 23.1. The molecule has 0 aliphatic heterocycles. The van der Waals surface area contributed by atoms with Crippen LogP contribution in [-0.2, 0) is 4.79 Å². The van der Waals surface area contributed by atoms with Crippen molar-refractivity contribution < 1.29 is 9.18 Å². The van der Waals surface area contributed by atoms with Gasteiger partial charge < -0.3 is 11.1 Å². The van der Waals surface area contributed by atoms with Gasteiger partial charge in [-0.15, -0.1) is 0 Å². The largest absolute Gasteiger partial charge is 0.327 e. The molecule has 0 bridgehead atoms. The molecule has 2 rings (SSSR count). The van der Waals surface area contributed by atoms with Crippen molar-refractivity contribution in [2.45, 2.75) is 25.3 Å². The average Bonchev–Trinajstić information content (AvgIpc) is 2.69. The van der Waals surface area contributed by atoms with Crippen LogP contribution >= 0.6 is 23.2 Å². The minimum atomic E-state index is -0.541. The van der Waals surface area contributed by atoms with E-state index in [0.717, 1.165) is 31.4 Å². The molecule has 2 unspecified atom stereocenters. The molecular weight excluding hydrogens is 278 g/mol. The molecule has 1 fully saturated rings. The number of halogens is 3. The van der Waals surface area contributed by atoms with E-state index in [0.29, 0.717) is 0 Å². The van der Waals surface area contributed by atoms with E-state index in [9.17, 15) is 9.18 Å². The van der Waals surface area contributed by atoms with Gasteiger partial charge in [0.2, 0.25) is 5.91 Å². The molecule has 98 valence electrons. The first-order valence-corrected chi connectivity index (χ1v) is 6.45. The number of carbonyl (C=O) groups excluding carboxylic acids is 1. The monoisotopic (exact) mass is 290 g/mol. The zero-order valence-corrected chi connectivity index (χ0v) is 11.1. The van der Waals surface area contributed by atoms with E-state index in [4.69, 9.17) is 28.9 Å². The second-order valence-corrected chi connectivity index (χ2v) is 5.25. The van der Waals surface area contributed by atoms with Gasteiger partial charge in [-0.3, -0.25) is 4.79 Å². The number of carbonyl (C=O) groups is 1. The highest BCUT2D eigenvalue weighted by Gasteiger charge is 2.30. The third-order valence-electron chi connectivity index (χ3n) is 3.16. The third kappa shape index (κ3) is 2.76. The molecule has 0 spiro atoms. The van der Waals surface area contributed by atoms with Crippen LogP contribution in [0.2, 0.25) is 10.0 Å². The summed E-state index contributed by atoms with van der Waals surface area (Å²) in [6, 6.07) is 2.08. The van der Waals surface area contributed by atoms with E-state index in [1.807, 2.05) is 0 Å². The molecule has 1 amide bonds. The molecule has 2 atom stereocenters. The van der Waals surface area contributed by atoms with Crippen molar-refractivity contribution >= 4 is 34.8 Å². The Hall–Kier alpha value is -0.840. The maximum Gasteiger partial charge on any atom is 0.229 e. The Morgan fingerprint density at radius 2 is 1.94 bits per heavy atom. The van der Waals surface area contributed by atoms with Crippen molar-refractivity contribution in [3.63, 3.8) is 0 Å². The lowest BCUT2D eigenvalue weighted by atomic mass is 10.0. The lowest BCUT2D eigenvalue weighted by molar-refractivity contribution is -0.120. The van der Waals surface area contributed by atoms with Crippen LogP contribution in [0.4, 0.5) is 10.1 Å². The number of nitrogens with one attached hydrogen (secondary N) is 1. The molecule has 1 aliphatic carbocycles. The Balaban J connectivity index is 2.17. The highest BCUT2D eigenvalue weighted by Crippen LogP contribution is 2.33. The molecule has 0 radical (unpaired) electrons. The van der Waals surface area contributed by atoms with Crippen molar-refractivity contribution in [3.05, 3.63) is 28.0 Å². The van der Waals surface area contributed by atoms with Gasteiger partial charge in [-0.2, -0.15) is 0 Å². The number of nitrogens with two attached hydrogens (primary N) is 1. The van der Waals surface area contributed by atoms with E-state index in [2.05, 4.69) is 5.32 Å². The zero-order chi connectivity index (χ0) is 13.3. The molecule has 1 aliphatic rings. The van der Waals surface area contributed by atoms with Crippen LogP contribution in [0.1, 0.15) is 19.3 Å². The van der Waals surface area contributed by atoms with E-state index in [1.165, 1.54) is 0 Å². The third-order valence-corrected chi connectivity index (χ3v) is 3.76.